The lowest BCUT2D eigenvalue weighted by Gasteiger charge is -2.35. The summed E-state index contributed by atoms with van der Waals surface area (Å²) in [6.07, 6.45) is 1.21. The van der Waals surface area contributed by atoms with Crippen molar-refractivity contribution in [3.05, 3.63) is 29.8 Å². The van der Waals surface area contributed by atoms with E-state index in [1.165, 1.54) is 17.4 Å². The van der Waals surface area contributed by atoms with E-state index in [2.05, 4.69) is 35.4 Å². The second-order valence-corrected chi connectivity index (χ2v) is 5.94. The van der Waals surface area contributed by atoms with Crippen LogP contribution in [0.3, 0.4) is 0 Å². The Morgan fingerprint density at radius 2 is 1.95 bits per heavy atom. The van der Waals surface area contributed by atoms with Crippen molar-refractivity contribution >= 4 is 17.7 Å². The Bertz CT molecular complexity index is 457. The lowest BCUT2D eigenvalue weighted by Crippen LogP contribution is -2.50. The molecule has 0 bridgehead atoms. The van der Waals surface area contributed by atoms with Crippen molar-refractivity contribution in [2.75, 3.05) is 32.4 Å². The van der Waals surface area contributed by atoms with Crippen molar-refractivity contribution in [1.82, 2.24) is 9.80 Å². The third kappa shape index (κ3) is 3.75. The maximum Gasteiger partial charge on any atom is 0.251 e. The molecule has 1 aliphatic rings. The molecule has 1 aliphatic heterocycles. The molecule has 1 unspecified atom stereocenters. The fourth-order valence-corrected chi connectivity index (χ4v) is 3.07. The Morgan fingerprint density at radius 1 is 1.30 bits per heavy atom. The number of carbonyl (C=O) groups excluding carboxylic acids is 1. The summed E-state index contributed by atoms with van der Waals surface area (Å²) in [5.74, 6) is -0.158. The molecule has 1 fully saturated rings. The Morgan fingerprint density at radius 3 is 2.55 bits per heavy atom. The number of hydrogen-bond acceptors (Lipinski definition) is 4. The molecule has 20 heavy (non-hydrogen) atoms. The molecule has 5 heteroatoms. The molecule has 1 aromatic carbocycles. The Hall–Kier alpha value is -1.04. The standard InChI is InChI=1S/C15H22N2O2S/c1-12(18)15(19)17-9-7-16(8-10-17)11-13-5-3-4-6-14(13)20-2/h3-6,12,18H,7-11H2,1-2H3. The summed E-state index contributed by atoms with van der Waals surface area (Å²) in [7, 11) is 0. The van der Waals surface area contributed by atoms with Gasteiger partial charge in [0.1, 0.15) is 6.10 Å². The van der Waals surface area contributed by atoms with Crippen molar-refractivity contribution in [2.24, 2.45) is 0 Å². The third-order valence-electron chi connectivity index (χ3n) is 3.63. The van der Waals surface area contributed by atoms with E-state index in [1.54, 1.807) is 16.7 Å². The Balaban J connectivity index is 1.90. The molecule has 0 aromatic heterocycles. The van der Waals surface area contributed by atoms with E-state index in [-0.39, 0.29) is 5.91 Å². The van der Waals surface area contributed by atoms with Gasteiger partial charge in [-0.3, -0.25) is 9.69 Å². The van der Waals surface area contributed by atoms with Crippen LogP contribution in [0.4, 0.5) is 0 Å². The number of thioether (sulfide) groups is 1. The van der Waals surface area contributed by atoms with Crippen LogP contribution in [0.25, 0.3) is 0 Å². The monoisotopic (exact) mass is 294 g/mol. The summed E-state index contributed by atoms with van der Waals surface area (Å²) in [6, 6.07) is 8.45. The van der Waals surface area contributed by atoms with Crippen molar-refractivity contribution in [2.45, 2.75) is 24.5 Å². The van der Waals surface area contributed by atoms with E-state index in [9.17, 15) is 9.90 Å². The first-order valence-electron chi connectivity index (χ1n) is 6.93. The fraction of sp³-hybridized carbons (Fsp3) is 0.533. The van der Waals surface area contributed by atoms with E-state index in [1.807, 2.05) is 0 Å². The zero-order valence-electron chi connectivity index (χ0n) is 12.1. The summed E-state index contributed by atoms with van der Waals surface area (Å²) in [6.45, 7) is 5.58. The number of aliphatic hydroxyl groups excluding tert-OH is 1. The molecular formula is C15H22N2O2S. The molecule has 1 heterocycles. The quantitative estimate of drug-likeness (QED) is 0.853. The number of nitrogens with zero attached hydrogens (tertiary/aromatic N) is 2. The van der Waals surface area contributed by atoms with Gasteiger partial charge in [0.25, 0.3) is 5.91 Å². The molecule has 2 rings (SSSR count). The van der Waals surface area contributed by atoms with Crippen LogP contribution in [0.5, 0.6) is 0 Å². The van der Waals surface area contributed by atoms with E-state index in [0.717, 1.165) is 19.6 Å². The first-order valence-corrected chi connectivity index (χ1v) is 8.15. The minimum atomic E-state index is -0.890. The molecule has 0 spiro atoms. The average Bonchev–Trinajstić information content (AvgIpc) is 2.48. The lowest BCUT2D eigenvalue weighted by molar-refractivity contribution is -0.141. The highest BCUT2D eigenvalue weighted by Crippen LogP contribution is 2.21. The van der Waals surface area contributed by atoms with Gasteiger partial charge in [0, 0.05) is 37.6 Å². The molecule has 0 radical (unpaired) electrons. The van der Waals surface area contributed by atoms with Crippen LogP contribution in [0.1, 0.15) is 12.5 Å². The van der Waals surface area contributed by atoms with E-state index in [0.29, 0.717) is 13.1 Å². The highest BCUT2D eigenvalue weighted by Gasteiger charge is 2.23. The van der Waals surface area contributed by atoms with Crippen molar-refractivity contribution < 1.29 is 9.90 Å². The minimum absolute atomic E-state index is 0.158. The van der Waals surface area contributed by atoms with E-state index in [4.69, 9.17) is 0 Å². The molecule has 110 valence electrons. The Kier molecular flexibility index (Phi) is 5.46. The highest BCUT2D eigenvalue weighted by atomic mass is 32.2. The molecule has 1 amide bonds. The molecule has 4 nitrogen and oxygen atoms in total. The van der Waals surface area contributed by atoms with Crippen LogP contribution in [0.2, 0.25) is 0 Å². The van der Waals surface area contributed by atoms with Crippen LogP contribution in [-0.2, 0) is 11.3 Å². The summed E-state index contributed by atoms with van der Waals surface area (Å²) in [5, 5.41) is 9.33. The third-order valence-corrected chi connectivity index (χ3v) is 4.47. The smallest absolute Gasteiger partial charge is 0.251 e. The number of rotatable bonds is 4. The van der Waals surface area contributed by atoms with Crippen LogP contribution < -0.4 is 0 Å². The van der Waals surface area contributed by atoms with Gasteiger partial charge >= 0.3 is 0 Å². The van der Waals surface area contributed by atoms with E-state index >= 15 is 0 Å². The largest absolute Gasteiger partial charge is 0.384 e. The number of aliphatic hydroxyl groups is 1. The molecule has 1 aromatic rings. The van der Waals surface area contributed by atoms with Crippen molar-refractivity contribution in [1.29, 1.82) is 0 Å². The van der Waals surface area contributed by atoms with Gasteiger partial charge in [0.05, 0.1) is 0 Å². The van der Waals surface area contributed by atoms with Gasteiger partial charge < -0.3 is 10.0 Å². The van der Waals surface area contributed by atoms with Gasteiger partial charge in [0.2, 0.25) is 0 Å². The number of carbonyl (C=O) groups is 1. The average molecular weight is 294 g/mol. The predicted molar refractivity (Wildman–Crippen MR) is 81.8 cm³/mol. The summed E-state index contributed by atoms with van der Waals surface area (Å²) in [5.41, 5.74) is 1.34. The molecule has 0 saturated carbocycles. The van der Waals surface area contributed by atoms with Crippen molar-refractivity contribution in [3.63, 3.8) is 0 Å². The number of piperazine rings is 1. The maximum atomic E-state index is 11.7. The second kappa shape index (κ2) is 7.11. The van der Waals surface area contributed by atoms with Crippen molar-refractivity contribution in [3.8, 4) is 0 Å². The first kappa shape index (κ1) is 15.4. The van der Waals surface area contributed by atoms with Gasteiger partial charge in [-0.25, -0.2) is 0 Å². The van der Waals surface area contributed by atoms with Gasteiger partial charge in [0.15, 0.2) is 0 Å². The topological polar surface area (TPSA) is 43.8 Å². The first-order chi connectivity index (χ1) is 9.61. The molecule has 1 N–H and O–H groups in total. The molecule has 1 atom stereocenters. The van der Waals surface area contributed by atoms with Crippen LogP contribution >= 0.6 is 11.8 Å². The zero-order valence-corrected chi connectivity index (χ0v) is 12.9. The normalized spacial score (nSPS) is 18.1. The molecular weight excluding hydrogens is 272 g/mol. The van der Waals surface area contributed by atoms with Gasteiger partial charge in [-0.1, -0.05) is 18.2 Å². The second-order valence-electron chi connectivity index (χ2n) is 5.09. The summed E-state index contributed by atoms with van der Waals surface area (Å²) < 4.78 is 0. The number of benzene rings is 1. The molecule has 1 saturated heterocycles. The van der Waals surface area contributed by atoms with Crippen LogP contribution in [0.15, 0.2) is 29.2 Å². The van der Waals surface area contributed by atoms with E-state index < -0.39 is 6.10 Å². The van der Waals surface area contributed by atoms with Crippen LogP contribution in [-0.4, -0.2) is 59.4 Å². The number of amides is 1. The lowest BCUT2D eigenvalue weighted by atomic mass is 10.2. The maximum absolute atomic E-state index is 11.7. The van der Waals surface area contributed by atoms with Crippen LogP contribution in [0, 0.1) is 0 Å². The summed E-state index contributed by atoms with van der Waals surface area (Å²) in [4.78, 5) is 17.1. The summed E-state index contributed by atoms with van der Waals surface area (Å²) >= 11 is 1.77. The molecule has 0 aliphatic carbocycles. The minimum Gasteiger partial charge on any atom is -0.384 e. The number of hydrogen-bond donors (Lipinski definition) is 1. The predicted octanol–water partition coefficient (Wildman–Crippen LogP) is 1.43. The van der Waals surface area contributed by atoms with Gasteiger partial charge in [-0.05, 0) is 24.8 Å². The SMILES string of the molecule is CSc1ccccc1CN1CCN(C(=O)C(C)O)CC1. The van der Waals surface area contributed by atoms with Gasteiger partial charge in [-0.15, -0.1) is 11.8 Å². The fourth-order valence-electron chi connectivity index (χ4n) is 2.47. The zero-order chi connectivity index (χ0) is 14.5. The Labute approximate surface area is 124 Å². The van der Waals surface area contributed by atoms with Gasteiger partial charge in [-0.2, -0.15) is 0 Å². The highest BCUT2D eigenvalue weighted by molar-refractivity contribution is 7.98.